The summed E-state index contributed by atoms with van der Waals surface area (Å²) < 4.78 is 31.7. The van der Waals surface area contributed by atoms with Gasteiger partial charge in [0.15, 0.2) is 16.6 Å². The summed E-state index contributed by atoms with van der Waals surface area (Å²) in [6.07, 6.45) is 1.96. The Labute approximate surface area is 235 Å². The second kappa shape index (κ2) is 12.3. The van der Waals surface area contributed by atoms with Crippen LogP contribution in [0.2, 0.25) is 36.3 Å². The molecule has 0 bridgehead atoms. The van der Waals surface area contributed by atoms with Crippen LogP contribution in [-0.2, 0) is 24.9 Å². The Morgan fingerprint density at radius 1 is 0.974 bits per heavy atom. The van der Waals surface area contributed by atoms with Gasteiger partial charge in [-0.25, -0.2) is 0 Å². The van der Waals surface area contributed by atoms with Gasteiger partial charge in [-0.05, 0) is 60.9 Å². The molecule has 5 atom stereocenters. The Balaban J connectivity index is 2.16. The number of benzene rings is 1. The maximum Gasteiger partial charge on any atom is 0.192 e. The molecular formula is C31H56O5Si2. The Bertz CT molecular complexity index is 900. The zero-order valence-corrected chi connectivity index (χ0v) is 28.6. The monoisotopic (exact) mass is 564 g/mol. The first-order valence-electron chi connectivity index (χ1n) is 14.1. The smallest absolute Gasteiger partial charge is 0.192 e. The van der Waals surface area contributed by atoms with Crippen molar-refractivity contribution in [2.24, 2.45) is 11.8 Å². The first-order chi connectivity index (χ1) is 17.3. The van der Waals surface area contributed by atoms with Gasteiger partial charge in [0.2, 0.25) is 0 Å². The molecule has 2 rings (SSSR count). The number of methoxy groups -OCH3 is 1. The van der Waals surface area contributed by atoms with Crippen molar-refractivity contribution in [2.45, 2.75) is 116 Å². The van der Waals surface area contributed by atoms with Gasteiger partial charge >= 0.3 is 0 Å². The normalized spacial score (nSPS) is 23.0. The zero-order chi connectivity index (χ0) is 29.2. The molecule has 1 aliphatic heterocycles. The Kier molecular flexibility index (Phi) is 10.7. The van der Waals surface area contributed by atoms with E-state index < -0.39 is 22.2 Å². The molecule has 0 spiro atoms. The predicted octanol–water partition coefficient (Wildman–Crippen LogP) is 8.22. The number of rotatable bonds is 14. The van der Waals surface area contributed by atoms with E-state index in [2.05, 4.69) is 88.2 Å². The van der Waals surface area contributed by atoms with Crippen LogP contribution in [-0.4, -0.2) is 54.8 Å². The second-order valence-corrected chi connectivity index (χ2v) is 23.9. The van der Waals surface area contributed by atoms with E-state index in [0.29, 0.717) is 19.8 Å². The van der Waals surface area contributed by atoms with E-state index >= 15 is 0 Å². The molecule has 38 heavy (non-hydrogen) atoms. The minimum atomic E-state index is -2.08. The van der Waals surface area contributed by atoms with Gasteiger partial charge in [0.05, 0.1) is 32.5 Å². The molecule has 1 aromatic rings. The Morgan fingerprint density at radius 3 is 2.00 bits per heavy atom. The maximum atomic E-state index is 7.13. The number of hydrogen-bond donors (Lipinski definition) is 0. The summed E-state index contributed by atoms with van der Waals surface area (Å²) in [5.74, 6) is 1.13. The van der Waals surface area contributed by atoms with E-state index in [4.69, 9.17) is 23.1 Å². The lowest BCUT2D eigenvalue weighted by atomic mass is 9.86. The van der Waals surface area contributed by atoms with Crippen molar-refractivity contribution in [1.29, 1.82) is 0 Å². The first kappa shape index (κ1) is 33.2. The van der Waals surface area contributed by atoms with Crippen LogP contribution in [0, 0.1) is 11.8 Å². The molecule has 7 heteroatoms. The van der Waals surface area contributed by atoms with Crippen LogP contribution in [0.1, 0.15) is 61.0 Å². The fraction of sp³-hybridized carbons (Fsp3) is 0.742. The van der Waals surface area contributed by atoms with Crippen LogP contribution in [0.3, 0.4) is 0 Å². The molecule has 0 aliphatic carbocycles. The summed E-state index contributed by atoms with van der Waals surface area (Å²) in [4.78, 5) is 0. The largest absolute Gasteiger partial charge is 0.497 e. The summed E-state index contributed by atoms with van der Waals surface area (Å²) in [5, 5.41) is 0.234. The highest BCUT2D eigenvalue weighted by Crippen LogP contribution is 2.50. The van der Waals surface area contributed by atoms with Crippen LogP contribution in [0.25, 0.3) is 0 Å². The van der Waals surface area contributed by atoms with E-state index in [0.717, 1.165) is 11.3 Å². The van der Waals surface area contributed by atoms with Crippen molar-refractivity contribution in [3.63, 3.8) is 0 Å². The molecule has 218 valence electrons. The molecule has 5 nitrogen and oxygen atoms in total. The van der Waals surface area contributed by atoms with Crippen molar-refractivity contribution >= 4 is 16.6 Å². The van der Waals surface area contributed by atoms with Gasteiger partial charge in [-0.3, -0.25) is 0 Å². The first-order valence-corrected chi connectivity index (χ1v) is 19.9. The highest BCUT2D eigenvalue weighted by atomic mass is 28.4. The molecular weight excluding hydrogens is 509 g/mol. The third-order valence-electron chi connectivity index (χ3n) is 9.14. The standard InChI is InChI=1S/C31H56O5Si2/c1-15-25(22-34-37(11,12)29(3,4)5)28(36-38(13,14)30(6,7)8)31(9)27(35-31)23(2)20-33-21-24-16-18-26(32-10)19-17-24/h15-19,23,25,27-28H,1,20-22H2,2-14H3/t23-,25+,27+,28-,31-/m0/s1. The number of ether oxygens (including phenoxy) is 3. The number of hydrogen-bond acceptors (Lipinski definition) is 5. The van der Waals surface area contributed by atoms with Crippen molar-refractivity contribution in [3.05, 3.63) is 42.5 Å². The summed E-state index contributed by atoms with van der Waals surface area (Å²) in [6, 6.07) is 8.02. The molecule has 1 aromatic carbocycles. The quantitative estimate of drug-likeness (QED) is 0.129. The van der Waals surface area contributed by atoms with Gasteiger partial charge in [-0.1, -0.05) is 66.7 Å². The van der Waals surface area contributed by atoms with E-state index in [1.165, 1.54) is 0 Å². The summed E-state index contributed by atoms with van der Waals surface area (Å²) in [6.45, 7) is 33.4. The minimum absolute atomic E-state index is 0.0423. The molecule has 1 fully saturated rings. The summed E-state index contributed by atoms with van der Waals surface area (Å²) in [7, 11) is -2.32. The molecule has 1 saturated heterocycles. The molecule has 0 radical (unpaired) electrons. The lowest BCUT2D eigenvalue weighted by molar-refractivity contribution is 0.0403. The van der Waals surface area contributed by atoms with Crippen LogP contribution < -0.4 is 4.74 Å². The Morgan fingerprint density at radius 2 is 1.53 bits per heavy atom. The van der Waals surface area contributed by atoms with E-state index in [1.54, 1.807) is 7.11 Å². The molecule has 0 aromatic heterocycles. The topological polar surface area (TPSA) is 49.5 Å². The molecule has 0 amide bonds. The van der Waals surface area contributed by atoms with E-state index in [1.807, 2.05) is 30.3 Å². The van der Waals surface area contributed by atoms with E-state index in [9.17, 15) is 0 Å². The lowest BCUT2D eigenvalue weighted by Crippen LogP contribution is -2.52. The molecule has 0 N–H and O–H groups in total. The lowest BCUT2D eigenvalue weighted by Gasteiger charge is -2.43. The molecule has 0 saturated carbocycles. The summed E-state index contributed by atoms with van der Waals surface area (Å²) >= 11 is 0. The highest BCUT2D eigenvalue weighted by Gasteiger charge is 2.63. The van der Waals surface area contributed by atoms with Crippen molar-refractivity contribution in [2.75, 3.05) is 20.3 Å². The van der Waals surface area contributed by atoms with Gasteiger partial charge in [-0.15, -0.1) is 6.58 Å². The van der Waals surface area contributed by atoms with Gasteiger partial charge < -0.3 is 23.1 Å². The summed E-state index contributed by atoms with van der Waals surface area (Å²) in [5.41, 5.74) is 0.722. The van der Waals surface area contributed by atoms with Crippen LogP contribution >= 0.6 is 0 Å². The third-order valence-corrected chi connectivity index (χ3v) is 18.1. The maximum absolute atomic E-state index is 7.13. The zero-order valence-electron chi connectivity index (χ0n) is 26.6. The number of epoxide rings is 1. The molecule has 0 unspecified atom stereocenters. The van der Waals surface area contributed by atoms with Gasteiger partial charge in [-0.2, -0.15) is 0 Å². The average molecular weight is 565 g/mol. The molecule has 1 aliphatic rings. The average Bonchev–Trinajstić information content (AvgIpc) is 3.50. The predicted molar refractivity (Wildman–Crippen MR) is 164 cm³/mol. The second-order valence-electron chi connectivity index (χ2n) is 14.3. The van der Waals surface area contributed by atoms with Gasteiger partial charge in [0.1, 0.15) is 11.4 Å². The van der Waals surface area contributed by atoms with Crippen molar-refractivity contribution < 1.29 is 23.1 Å². The fourth-order valence-corrected chi connectivity index (χ4v) is 6.68. The van der Waals surface area contributed by atoms with E-state index in [-0.39, 0.29) is 34.1 Å². The molecule has 1 heterocycles. The van der Waals surface area contributed by atoms with Crippen LogP contribution in [0.15, 0.2) is 36.9 Å². The highest BCUT2D eigenvalue weighted by molar-refractivity contribution is 6.74. The van der Waals surface area contributed by atoms with Gasteiger partial charge in [0, 0.05) is 18.4 Å². The fourth-order valence-electron chi connectivity index (χ4n) is 4.25. The van der Waals surface area contributed by atoms with Crippen molar-refractivity contribution in [3.8, 4) is 5.75 Å². The van der Waals surface area contributed by atoms with Crippen LogP contribution in [0.4, 0.5) is 0 Å². The van der Waals surface area contributed by atoms with Crippen LogP contribution in [0.5, 0.6) is 5.75 Å². The Hall–Kier alpha value is -0.966. The van der Waals surface area contributed by atoms with Gasteiger partial charge in [0.25, 0.3) is 0 Å². The third kappa shape index (κ3) is 8.04. The minimum Gasteiger partial charge on any atom is -0.497 e. The van der Waals surface area contributed by atoms with Crippen molar-refractivity contribution in [1.82, 2.24) is 0 Å². The SMILES string of the molecule is C=C[C@H](CO[Si](C)(C)C(C)(C)C)[C@H](O[Si](C)(C)C(C)(C)C)[C@@]1(C)O[C@@H]1[C@@H](C)COCc1ccc(OC)cc1.